The van der Waals surface area contributed by atoms with Crippen LogP contribution in [0.4, 0.5) is 5.69 Å². The summed E-state index contributed by atoms with van der Waals surface area (Å²) in [7, 11) is 0. The highest BCUT2D eigenvalue weighted by Crippen LogP contribution is 2.38. The van der Waals surface area contributed by atoms with Gasteiger partial charge in [-0.3, -0.25) is 0 Å². The van der Waals surface area contributed by atoms with Crippen LogP contribution in [-0.2, 0) is 5.41 Å². The molecule has 2 aromatic rings. The number of nitrogens with two attached hydrogens (primary N) is 1. The summed E-state index contributed by atoms with van der Waals surface area (Å²) in [6.07, 6.45) is 0.991. The van der Waals surface area contributed by atoms with Gasteiger partial charge in [0.15, 0.2) is 0 Å². The number of rotatable bonds is 1. The molecule has 21 heavy (non-hydrogen) atoms. The highest BCUT2D eigenvalue weighted by Gasteiger charge is 2.30. The molecule has 1 aliphatic heterocycles. The van der Waals surface area contributed by atoms with Crippen molar-refractivity contribution in [3.05, 3.63) is 60.2 Å². The second-order valence-electron chi connectivity index (χ2n) is 6.06. The molecule has 2 aromatic carbocycles. The molecule has 0 saturated heterocycles. The molecule has 0 amide bonds. The van der Waals surface area contributed by atoms with Crippen LogP contribution in [-0.4, -0.2) is 18.3 Å². The molecule has 2 atom stereocenters. The summed E-state index contributed by atoms with van der Waals surface area (Å²) in [5.74, 6) is 1.05. The first kappa shape index (κ1) is 14.5. The third-order valence-electron chi connectivity index (χ3n) is 4.17. The van der Waals surface area contributed by atoms with Crippen LogP contribution in [0, 0.1) is 0 Å². The number of fused-ring (bicyclic) bond motifs is 1. The lowest BCUT2D eigenvalue weighted by Gasteiger charge is -2.32. The van der Waals surface area contributed by atoms with Crippen LogP contribution in [0.15, 0.2) is 59.5 Å². The number of nitrogens with one attached hydrogen (secondary N) is 1. The molecule has 2 nitrogen and oxygen atoms in total. The normalized spacial score (nSPS) is 25.9. The van der Waals surface area contributed by atoms with Crippen molar-refractivity contribution in [3.8, 4) is 0 Å². The smallest absolute Gasteiger partial charge is 0.0478 e. The van der Waals surface area contributed by atoms with Crippen molar-refractivity contribution in [1.29, 1.82) is 0 Å². The highest BCUT2D eigenvalue weighted by molar-refractivity contribution is 7.99. The minimum atomic E-state index is 0.102. The van der Waals surface area contributed by atoms with Gasteiger partial charge in [-0.25, -0.2) is 0 Å². The van der Waals surface area contributed by atoms with E-state index >= 15 is 0 Å². The minimum absolute atomic E-state index is 0.102. The van der Waals surface area contributed by atoms with Gasteiger partial charge in [0, 0.05) is 34.3 Å². The topological polar surface area (TPSA) is 38.0 Å². The first-order valence-electron chi connectivity index (χ1n) is 7.44. The number of benzene rings is 2. The Hall–Kier alpha value is -1.45. The van der Waals surface area contributed by atoms with Gasteiger partial charge in [-0.1, -0.05) is 49.4 Å². The van der Waals surface area contributed by atoms with Gasteiger partial charge in [0.05, 0.1) is 0 Å². The lowest BCUT2D eigenvalue weighted by atomic mass is 9.79. The third-order valence-corrected chi connectivity index (χ3v) is 5.62. The van der Waals surface area contributed by atoms with Crippen molar-refractivity contribution < 1.29 is 0 Å². The minimum Gasteiger partial charge on any atom is -0.383 e. The second-order valence-corrected chi connectivity index (χ2v) is 7.07. The van der Waals surface area contributed by atoms with Crippen LogP contribution in [0.1, 0.15) is 18.9 Å². The third kappa shape index (κ3) is 3.25. The Balaban J connectivity index is 1.93. The van der Waals surface area contributed by atoms with Crippen molar-refractivity contribution in [2.45, 2.75) is 29.7 Å². The largest absolute Gasteiger partial charge is 0.383 e. The van der Waals surface area contributed by atoms with E-state index in [1.165, 1.54) is 16.1 Å². The van der Waals surface area contributed by atoms with E-state index in [-0.39, 0.29) is 11.5 Å². The van der Waals surface area contributed by atoms with Crippen LogP contribution in [0.3, 0.4) is 0 Å². The van der Waals surface area contributed by atoms with Crippen molar-refractivity contribution in [3.63, 3.8) is 0 Å². The summed E-state index contributed by atoms with van der Waals surface area (Å²) in [5, 5.41) is 3.50. The molecule has 2 unspecified atom stereocenters. The van der Waals surface area contributed by atoms with E-state index in [1.54, 1.807) is 0 Å². The first-order valence-corrected chi connectivity index (χ1v) is 8.43. The Morgan fingerprint density at radius 3 is 2.62 bits per heavy atom. The van der Waals surface area contributed by atoms with Gasteiger partial charge in [0.1, 0.15) is 0 Å². The molecule has 0 fully saturated rings. The van der Waals surface area contributed by atoms with E-state index < -0.39 is 0 Å². The molecular formula is C18H22N2S. The van der Waals surface area contributed by atoms with Crippen molar-refractivity contribution in [2.75, 3.05) is 17.6 Å². The van der Waals surface area contributed by atoms with Crippen molar-refractivity contribution >= 4 is 17.4 Å². The predicted octanol–water partition coefficient (Wildman–Crippen LogP) is 3.88. The number of hydrogen-bond acceptors (Lipinski definition) is 3. The van der Waals surface area contributed by atoms with Crippen LogP contribution >= 0.6 is 11.8 Å². The number of anilines is 1. The molecule has 3 rings (SSSR count). The quantitative estimate of drug-likeness (QED) is 0.839. The molecule has 3 heteroatoms. The lowest BCUT2D eigenvalue weighted by molar-refractivity contribution is 0.438. The molecule has 0 aromatic heterocycles. The van der Waals surface area contributed by atoms with Gasteiger partial charge in [0.2, 0.25) is 0 Å². The predicted molar refractivity (Wildman–Crippen MR) is 92.0 cm³/mol. The Bertz CT molecular complexity index is 599. The van der Waals surface area contributed by atoms with E-state index in [9.17, 15) is 0 Å². The zero-order valence-corrected chi connectivity index (χ0v) is 13.2. The summed E-state index contributed by atoms with van der Waals surface area (Å²) in [6, 6.07) is 19.4. The number of thioether (sulfide) groups is 1. The van der Waals surface area contributed by atoms with Gasteiger partial charge in [-0.2, -0.15) is 0 Å². The maximum atomic E-state index is 6.37. The first-order chi connectivity index (χ1) is 10.2. The molecule has 0 aliphatic carbocycles. The standard InChI is InChI=1S/C18H22N2S/c1-18(14-7-3-2-4-8-14)11-15(19)12-20-16-9-5-6-10-17(16)21-13-18/h2-10,15,20H,11-13,19H2,1H3. The Labute approximate surface area is 131 Å². The van der Waals surface area contributed by atoms with E-state index in [2.05, 4.69) is 66.8 Å². The molecule has 0 saturated carbocycles. The Kier molecular flexibility index (Phi) is 4.22. The van der Waals surface area contributed by atoms with Gasteiger partial charge in [-0.15, -0.1) is 11.8 Å². The van der Waals surface area contributed by atoms with E-state index in [4.69, 9.17) is 5.73 Å². The summed E-state index contributed by atoms with van der Waals surface area (Å²) in [6.45, 7) is 3.16. The fourth-order valence-electron chi connectivity index (χ4n) is 2.97. The maximum absolute atomic E-state index is 6.37. The molecular weight excluding hydrogens is 276 g/mol. The fraction of sp³-hybridized carbons (Fsp3) is 0.333. The molecule has 110 valence electrons. The molecule has 0 radical (unpaired) electrons. The van der Waals surface area contributed by atoms with Gasteiger partial charge in [-0.05, 0) is 24.1 Å². The summed E-state index contributed by atoms with van der Waals surface area (Å²) >= 11 is 1.92. The zero-order valence-electron chi connectivity index (χ0n) is 12.4. The Morgan fingerprint density at radius 2 is 1.81 bits per heavy atom. The molecule has 3 N–H and O–H groups in total. The number of hydrogen-bond donors (Lipinski definition) is 2. The van der Waals surface area contributed by atoms with Gasteiger partial charge in [0.25, 0.3) is 0 Å². The molecule has 1 heterocycles. The average molecular weight is 298 g/mol. The van der Waals surface area contributed by atoms with Crippen LogP contribution < -0.4 is 11.1 Å². The highest BCUT2D eigenvalue weighted by atomic mass is 32.2. The van der Waals surface area contributed by atoms with E-state index in [0.29, 0.717) is 0 Å². The van der Waals surface area contributed by atoms with Crippen LogP contribution in [0.5, 0.6) is 0 Å². The van der Waals surface area contributed by atoms with E-state index in [0.717, 1.165) is 18.7 Å². The van der Waals surface area contributed by atoms with Gasteiger partial charge < -0.3 is 11.1 Å². The van der Waals surface area contributed by atoms with Crippen molar-refractivity contribution in [2.24, 2.45) is 5.73 Å². The van der Waals surface area contributed by atoms with Crippen LogP contribution in [0.2, 0.25) is 0 Å². The SMILES string of the molecule is CC1(c2ccccc2)CSc2ccccc2NCC(N)C1. The summed E-state index contributed by atoms with van der Waals surface area (Å²) in [4.78, 5) is 1.31. The molecule has 0 bridgehead atoms. The lowest BCUT2D eigenvalue weighted by Crippen LogP contribution is -2.38. The summed E-state index contributed by atoms with van der Waals surface area (Å²) in [5.41, 5.74) is 9.06. The maximum Gasteiger partial charge on any atom is 0.0478 e. The van der Waals surface area contributed by atoms with Gasteiger partial charge >= 0.3 is 0 Å². The summed E-state index contributed by atoms with van der Waals surface area (Å²) < 4.78 is 0. The van der Waals surface area contributed by atoms with Crippen LogP contribution in [0.25, 0.3) is 0 Å². The fourth-order valence-corrected chi connectivity index (χ4v) is 4.20. The molecule has 0 spiro atoms. The zero-order chi connectivity index (χ0) is 14.7. The van der Waals surface area contributed by atoms with Crippen molar-refractivity contribution in [1.82, 2.24) is 0 Å². The number of para-hydroxylation sites is 1. The second kappa shape index (κ2) is 6.12. The van der Waals surface area contributed by atoms with E-state index in [1.807, 2.05) is 11.8 Å². The monoisotopic (exact) mass is 298 g/mol. The molecule has 1 aliphatic rings. The Morgan fingerprint density at radius 1 is 1.10 bits per heavy atom. The average Bonchev–Trinajstić information content (AvgIpc) is 2.58.